The average molecular weight is 309 g/mol. The fourth-order valence-corrected chi connectivity index (χ4v) is 3.01. The molecule has 1 unspecified atom stereocenters. The van der Waals surface area contributed by atoms with Crippen LogP contribution in [0.5, 0.6) is 0 Å². The van der Waals surface area contributed by atoms with Crippen LogP contribution in [0, 0.1) is 0 Å². The Morgan fingerprint density at radius 3 is 3.00 bits per heavy atom. The zero-order chi connectivity index (χ0) is 15.5. The van der Waals surface area contributed by atoms with Crippen LogP contribution in [0.25, 0.3) is 0 Å². The van der Waals surface area contributed by atoms with Crippen molar-refractivity contribution in [2.75, 3.05) is 26.3 Å². The highest BCUT2D eigenvalue weighted by molar-refractivity contribution is 5.19. The van der Waals surface area contributed by atoms with E-state index in [1.165, 1.54) is 7.05 Å². The smallest absolute Gasteiger partial charge is 0.328 e. The Labute approximate surface area is 128 Å². The molecule has 0 aromatic carbocycles. The maximum atomic E-state index is 12.2. The summed E-state index contributed by atoms with van der Waals surface area (Å²) in [7, 11) is 1.50. The van der Waals surface area contributed by atoms with Crippen LogP contribution in [0.1, 0.15) is 30.5 Å². The third-order valence-corrected chi connectivity index (χ3v) is 4.40. The van der Waals surface area contributed by atoms with Crippen molar-refractivity contribution >= 4 is 0 Å². The van der Waals surface area contributed by atoms with Crippen LogP contribution >= 0.6 is 0 Å². The predicted molar refractivity (Wildman–Crippen MR) is 80.8 cm³/mol. The minimum atomic E-state index is -0.338. The van der Waals surface area contributed by atoms with E-state index in [1.807, 2.05) is 0 Å². The van der Waals surface area contributed by atoms with Gasteiger partial charge in [0.15, 0.2) is 6.29 Å². The van der Waals surface area contributed by atoms with E-state index >= 15 is 0 Å². The topological polar surface area (TPSA) is 76.6 Å². The van der Waals surface area contributed by atoms with Crippen LogP contribution in [0.3, 0.4) is 0 Å². The fourth-order valence-electron chi connectivity index (χ4n) is 3.01. The van der Waals surface area contributed by atoms with Gasteiger partial charge in [0.1, 0.15) is 0 Å². The lowest BCUT2D eigenvalue weighted by molar-refractivity contribution is -0.164. The third-order valence-electron chi connectivity index (χ3n) is 4.40. The van der Waals surface area contributed by atoms with Gasteiger partial charge in [0.25, 0.3) is 5.56 Å². The second-order valence-corrected chi connectivity index (χ2v) is 5.94. The number of hydrogen-bond acceptors (Lipinski definition) is 5. The average Bonchev–Trinajstić information content (AvgIpc) is 2.54. The van der Waals surface area contributed by atoms with Gasteiger partial charge in [-0.2, -0.15) is 0 Å². The second kappa shape index (κ2) is 6.76. The molecule has 22 heavy (non-hydrogen) atoms. The molecule has 2 aliphatic rings. The molecule has 2 aliphatic heterocycles. The normalized spacial score (nSPS) is 22.5. The van der Waals surface area contributed by atoms with E-state index in [1.54, 1.807) is 0 Å². The molecular weight excluding hydrogens is 286 g/mol. The van der Waals surface area contributed by atoms with E-state index in [0.29, 0.717) is 25.1 Å². The first-order chi connectivity index (χ1) is 10.6. The van der Waals surface area contributed by atoms with Crippen molar-refractivity contribution in [3.63, 3.8) is 0 Å². The van der Waals surface area contributed by atoms with Crippen LogP contribution in [0.15, 0.2) is 9.59 Å². The lowest BCUT2D eigenvalue weighted by Gasteiger charge is -2.29. The van der Waals surface area contributed by atoms with Gasteiger partial charge in [-0.1, -0.05) is 0 Å². The van der Waals surface area contributed by atoms with Crippen molar-refractivity contribution in [2.24, 2.45) is 7.05 Å². The minimum Gasteiger partial charge on any atom is -0.353 e. The first-order valence-electron chi connectivity index (χ1n) is 7.92. The van der Waals surface area contributed by atoms with Gasteiger partial charge >= 0.3 is 5.69 Å². The van der Waals surface area contributed by atoms with Crippen LogP contribution in [-0.4, -0.2) is 47.0 Å². The van der Waals surface area contributed by atoms with Crippen molar-refractivity contribution < 1.29 is 9.47 Å². The zero-order valence-corrected chi connectivity index (χ0v) is 13.0. The molecule has 3 heterocycles. The molecular formula is C15H23N3O4. The number of H-pyrrole nitrogens is 1. The molecule has 0 spiro atoms. The first kappa shape index (κ1) is 15.5. The summed E-state index contributed by atoms with van der Waals surface area (Å²) in [6.07, 6.45) is 3.86. The Bertz CT molecular complexity index is 631. The Kier molecular flexibility index (Phi) is 4.75. The van der Waals surface area contributed by atoms with Crippen molar-refractivity contribution in [3.05, 3.63) is 32.1 Å². The summed E-state index contributed by atoms with van der Waals surface area (Å²) in [4.78, 5) is 28.7. The number of aromatic amines is 1. The Hall–Kier alpha value is -1.44. The molecule has 1 aromatic rings. The van der Waals surface area contributed by atoms with Gasteiger partial charge in [-0.15, -0.1) is 0 Å². The predicted octanol–water partition coefficient (Wildman–Crippen LogP) is -0.0251. The van der Waals surface area contributed by atoms with Gasteiger partial charge in [-0.25, -0.2) is 4.79 Å². The first-order valence-corrected chi connectivity index (χ1v) is 7.92. The van der Waals surface area contributed by atoms with Gasteiger partial charge in [0.2, 0.25) is 0 Å². The standard InChI is InChI=1S/C15H23N3O4/c1-17-14(19)11-10-18(6-5-12(11)16-15(17)20)7-9-22-13-4-2-3-8-21-13/h13H,2-10H2,1H3,(H,16,20). The molecule has 7 nitrogen and oxygen atoms in total. The van der Waals surface area contributed by atoms with E-state index in [0.717, 1.165) is 49.2 Å². The zero-order valence-electron chi connectivity index (χ0n) is 13.0. The molecule has 0 radical (unpaired) electrons. The molecule has 1 atom stereocenters. The molecule has 0 amide bonds. The summed E-state index contributed by atoms with van der Waals surface area (Å²) in [5.74, 6) is 0. The molecule has 1 fully saturated rings. The van der Waals surface area contributed by atoms with Crippen LogP contribution in [-0.2, 0) is 29.5 Å². The number of nitrogens with one attached hydrogen (secondary N) is 1. The van der Waals surface area contributed by atoms with E-state index in [2.05, 4.69) is 9.88 Å². The molecule has 0 aliphatic carbocycles. The van der Waals surface area contributed by atoms with Gasteiger partial charge in [-0.05, 0) is 19.3 Å². The SMILES string of the molecule is Cn1c(=O)[nH]c2c(c1=O)CN(CCOC1CCCCO1)CC2. The summed E-state index contributed by atoms with van der Waals surface area (Å²) in [6.45, 7) is 3.54. The molecule has 122 valence electrons. The van der Waals surface area contributed by atoms with Crippen molar-refractivity contribution in [1.82, 2.24) is 14.5 Å². The monoisotopic (exact) mass is 309 g/mol. The number of hydrogen-bond donors (Lipinski definition) is 1. The molecule has 1 saturated heterocycles. The lowest BCUT2D eigenvalue weighted by Crippen LogP contribution is -2.43. The summed E-state index contributed by atoms with van der Waals surface area (Å²) < 4.78 is 12.4. The van der Waals surface area contributed by atoms with Gasteiger partial charge in [-0.3, -0.25) is 14.3 Å². The van der Waals surface area contributed by atoms with Crippen molar-refractivity contribution in [3.8, 4) is 0 Å². The van der Waals surface area contributed by atoms with Gasteiger partial charge in [0, 0.05) is 45.4 Å². The summed E-state index contributed by atoms with van der Waals surface area (Å²) in [6, 6.07) is 0. The Balaban J connectivity index is 1.56. The molecule has 0 bridgehead atoms. The van der Waals surface area contributed by atoms with Gasteiger partial charge in [0.05, 0.1) is 12.2 Å². The van der Waals surface area contributed by atoms with Crippen LogP contribution in [0.4, 0.5) is 0 Å². The number of nitrogens with zero attached hydrogens (tertiary/aromatic N) is 2. The number of fused-ring (bicyclic) bond motifs is 1. The number of ether oxygens (including phenoxy) is 2. The summed E-state index contributed by atoms with van der Waals surface area (Å²) in [5.41, 5.74) is 0.943. The maximum absolute atomic E-state index is 12.2. The van der Waals surface area contributed by atoms with E-state index in [-0.39, 0.29) is 17.5 Å². The molecule has 3 rings (SSSR count). The van der Waals surface area contributed by atoms with Crippen molar-refractivity contribution in [1.29, 1.82) is 0 Å². The lowest BCUT2D eigenvalue weighted by atomic mass is 10.1. The highest BCUT2D eigenvalue weighted by Gasteiger charge is 2.21. The van der Waals surface area contributed by atoms with Crippen LogP contribution in [0.2, 0.25) is 0 Å². The Morgan fingerprint density at radius 1 is 1.36 bits per heavy atom. The molecule has 7 heteroatoms. The van der Waals surface area contributed by atoms with Crippen LogP contribution < -0.4 is 11.2 Å². The molecule has 1 aromatic heterocycles. The van der Waals surface area contributed by atoms with Gasteiger partial charge < -0.3 is 14.5 Å². The third kappa shape index (κ3) is 3.31. The van der Waals surface area contributed by atoms with E-state index < -0.39 is 0 Å². The highest BCUT2D eigenvalue weighted by Crippen LogP contribution is 2.15. The summed E-state index contributed by atoms with van der Waals surface area (Å²) >= 11 is 0. The minimum absolute atomic E-state index is 0.0740. The number of rotatable bonds is 4. The number of aromatic nitrogens is 2. The quantitative estimate of drug-likeness (QED) is 0.845. The maximum Gasteiger partial charge on any atom is 0.328 e. The van der Waals surface area contributed by atoms with E-state index in [9.17, 15) is 9.59 Å². The molecule has 1 N–H and O–H groups in total. The molecule has 0 saturated carbocycles. The highest BCUT2D eigenvalue weighted by atomic mass is 16.7. The summed E-state index contributed by atoms with van der Waals surface area (Å²) in [5, 5.41) is 0. The Morgan fingerprint density at radius 2 is 2.23 bits per heavy atom. The fraction of sp³-hybridized carbons (Fsp3) is 0.733. The largest absolute Gasteiger partial charge is 0.353 e. The second-order valence-electron chi connectivity index (χ2n) is 5.94. The van der Waals surface area contributed by atoms with E-state index in [4.69, 9.17) is 9.47 Å². The van der Waals surface area contributed by atoms with Crippen molar-refractivity contribution in [2.45, 2.75) is 38.5 Å².